The Morgan fingerprint density at radius 1 is 1.24 bits per heavy atom. The number of carbonyl (C=O) groups is 2. The van der Waals surface area contributed by atoms with E-state index >= 15 is 0 Å². The van der Waals surface area contributed by atoms with E-state index in [1.165, 1.54) is 7.11 Å². The number of methoxy groups -OCH3 is 1. The molecule has 3 rings (SSSR count). The van der Waals surface area contributed by atoms with Crippen molar-refractivity contribution >= 4 is 45.1 Å². The van der Waals surface area contributed by atoms with Crippen LogP contribution in [0.25, 0.3) is 11.6 Å². The van der Waals surface area contributed by atoms with Crippen molar-refractivity contribution in [3.8, 4) is 11.5 Å². The van der Waals surface area contributed by atoms with Crippen LogP contribution < -0.4 is 14.4 Å². The van der Waals surface area contributed by atoms with Gasteiger partial charge in [-0.15, -0.1) is 0 Å². The van der Waals surface area contributed by atoms with Crippen molar-refractivity contribution in [3.63, 3.8) is 0 Å². The number of carboxylic acids is 1. The first-order chi connectivity index (χ1) is 13.8. The molecule has 0 saturated carbocycles. The van der Waals surface area contributed by atoms with Crippen molar-refractivity contribution < 1.29 is 24.2 Å². The van der Waals surface area contributed by atoms with Crippen LogP contribution >= 0.6 is 15.9 Å². The number of fused-ring (bicyclic) bond motifs is 1. The Hall–Kier alpha value is -2.80. The lowest BCUT2D eigenvalue weighted by atomic mass is 10.0. The summed E-state index contributed by atoms with van der Waals surface area (Å²) in [4.78, 5) is 25.7. The standard InChI is InChI=1S/C22H22BrNO5/c1-13(2)11-24-18-7-5-4-6-15(18)16(22(24)27)8-14-9-19(28-3)20(10-17(14)23)29-12-21(25)26/h4-10,13H,11-12H2,1-3H3,(H,25,26)/b16-8-. The van der Waals surface area contributed by atoms with Crippen molar-refractivity contribution in [2.45, 2.75) is 13.8 Å². The van der Waals surface area contributed by atoms with Crippen molar-refractivity contribution in [2.24, 2.45) is 5.92 Å². The minimum Gasteiger partial charge on any atom is -0.493 e. The predicted molar refractivity (Wildman–Crippen MR) is 115 cm³/mol. The van der Waals surface area contributed by atoms with Crippen molar-refractivity contribution in [2.75, 3.05) is 25.2 Å². The number of hydrogen-bond acceptors (Lipinski definition) is 4. The number of rotatable bonds is 7. The van der Waals surface area contributed by atoms with Crippen LogP contribution in [0.4, 0.5) is 5.69 Å². The molecule has 2 aromatic carbocycles. The summed E-state index contributed by atoms with van der Waals surface area (Å²) in [6.07, 6.45) is 1.81. The fourth-order valence-electron chi connectivity index (χ4n) is 3.22. The van der Waals surface area contributed by atoms with Crippen LogP contribution in [0.3, 0.4) is 0 Å². The lowest BCUT2D eigenvalue weighted by molar-refractivity contribution is -0.139. The van der Waals surface area contributed by atoms with E-state index in [9.17, 15) is 9.59 Å². The van der Waals surface area contributed by atoms with Crippen molar-refractivity contribution in [1.82, 2.24) is 0 Å². The summed E-state index contributed by atoms with van der Waals surface area (Å²) < 4.78 is 11.3. The smallest absolute Gasteiger partial charge is 0.341 e. The highest BCUT2D eigenvalue weighted by atomic mass is 79.9. The van der Waals surface area contributed by atoms with Crippen LogP contribution in [0, 0.1) is 5.92 Å². The van der Waals surface area contributed by atoms with Gasteiger partial charge < -0.3 is 19.5 Å². The maximum absolute atomic E-state index is 13.1. The zero-order valence-electron chi connectivity index (χ0n) is 16.4. The monoisotopic (exact) mass is 459 g/mol. The van der Waals surface area contributed by atoms with Gasteiger partial charge in [-0.3, -0.25) is 4.79 Å². The van der Waals surface area contributed by atoms with E-state index in [2.05, 4.69) is 29.8 Å². The van der Waals surface area contributed by atoms with Gasteiger partial charge >= 0.3 is 5.97 Å². The molecular weight excluding hydrogens is 438 g/mol. The average Bonchev–Trinajstić information content (AvgIpc) is 2.93. The number of hydrogen-bond donors (Lipinski definition) is 1. The maximum atomic E-state index is 13.1. The first-order valence-electron chi connectivity index (χ1n) is 9.17. The van der Waals surface area contributed by atoms with Crippen molar-refractivity contribution in [1.29, 1.82) is 0 Å². The van der Waals surface area contributed by atoms with Crippen LogP contribution in [-0.4, -0.2) is 37.2 Å². The summed E-state index contributed by atoms with van der Waals surface area (Å²) in [6, 6.07) is 11.1. The Balaban J connectivity index is 2.03. The van der Waals surface area contributed by atoms with Crippen LogP contribution in [0.1, 0.15) is 25.0 Å². The molecule has 0 saturated heterocycles. The van der Waals surface area contributed by atoms with Crippen LogP contribution in [0.15, 0.2) is 40.9 Å². The van der Waals surface area contributed by atoms with Crippen molar-refractivity contribution in [3.05, 3.63) is 52.0 Å². The minimum absolute atomic E-state index is 0.0445. The highest BCUT2D eigenvalue weighted by Crippen LogP contribution is 2.40. The Labute approximate surface area is 177 Å². The summed E-state index contributed by atoms with van der Waals surface area (Å²) in [5, 5.41) is 8.83. The molecule has 0 bridgehead atoms. The number of amides is 1. The van der Waals surface area contributed by atoms with E-state index in [4.69, 9.17) is 14.6 Å². The fourth-order valence-corrected chi connectivity index (χ4v) is 3.66. The molecular formula is C22H22BrNO5. The molecule has 1 aliphatic rings. The zero-order chi connectivity index (χ0) is 21.1. The molecule has 6 nitrogen and oxygen atoms in total. The fraction of sp³-hybridized carbons (Fsp3) is 0.273. The number of anilines is 1. The van der Waals surface area contributed by atoms with Crippen LogP contribution in [0.2, 0.25) is 0 Å². The number of ether oxygens (including phenoxy) is 2. The van der Waals surface area contributed by atoms with Gasteiger partial charge in [0.05, 0.1) is 12.8 Å². The minimum atomic E-state index is -1.08. The molecule has 1 N–H and O–H groups in total. The molecule has 1 heterocycles. The van der Waals surface area contributed by atoms with E-state index < -0.39 is 12.6 Å². The number of benzene rings is 2. The first kappa shape index (κ1) is 20.9. The number of halogens is 1. The lowest BCUT2D eigenvalue weighted by Crippen LogP contribution is -2.30. The van der Waals surface area contributed by atoms with Gasteiger partial charge in [0.25, 0.3) is 5.91 Å². The van der Waals surface area contributed by atoms with Gasteiger partial charge in [-0.2, -0.15) is 0 Å². The number of carbonyl (C=O) groups excluding carboxylic acids is 1. The molecule has 0 radical (unpaired) electrons. The molecule has 7 heteroatoms. The lowest BCUT2D eigenvalue weighted by Gasteiger charge is -2.19. The van der Waals surface area contributed by atoms with Gasteiger partial charge in [0.2, 0.25) is 0 Å². The van der Waals surface area contributed by atoms with E-state index in [1.807, 2.05) is 30.3 Å². The maximum Gasteiger partial charge on any atom is 0.341 e. The second kappa shape index (κ2) is 8.69. The summed E-state index contributed by atoms with van der Waals surface area (Å²) in [6.45, 7) is 4.32. The van der Waals surface area contributed by atoms with Gasteiger partial charge in [-0.1, -0.05) is 48.0 Å². The highest BCUT2D eigenvalue weighted by molar-refractivity contribution is 9.10. The normalized spacial score (nSPS) is 14.4. The van der Waals surface area contributed by atoms with Crippen LogP contribution in [0.5, 0.6) is 11.5 Å². The van der Waals surface area contributed by atoms with Gasteiger partial charge in [0, 0.05) is 22.2 Å². The van der Waals surface area contributed by atoms with Gasteiger partial charge in [0.15, 0.2) is 18.1 Å². The quantitative estimate of drug-likeness (QED) is 0.618. The molecule has 0 aliphatic carbocycles. The Kier molecular flexibility index (Phi) is 6.27. The SMILES string of the molecule is COc1cc(/C=C2\C(=O)N(CC(C)C)c3ccccc32)c(Br)cc1OCC(=O)O. The molecule has 0 atom stereocenters. The topological polar surface area (TPSA) is 76.1 Å². The molecule has 29 heavy (non-hydrogen) atoms. The summed E-state index contributed by atoms with van der Waals surface area (Å²) >= 11 is 3.49. The van der Waals surface area contributed by atoms with E-state index in [0.717, 1.165) is 16.8 Å². The predicted octanol–water partition coefficient (Wildman–Crippen LogP) is 4.46. The highest BCUT2D eigenvalue weighted by Gasteiger charge is 2.32. The number of para-hydroxylation sites is 1. The third kappa shape index (κ3) is 4.45. The second-order valence-corrected chi connectivity index (χ2v) is 7.95. The summed E-state index contributed by atoms with van der Waals surface area (Å²) in [7, 11) is 1.48. The second-order valence-electron chi connectivity index (χ2n) is 7.09. The molecule has 1 amide bonds. The van der Waals surface area contributed by atoms with Crippen LogP contribution in [-0.2, 0) is 9.59 Å². The summed E-state index contributed by atoms with van der Waals surface area (Å²) in [5.74, 6) is -0.0869. The molecule has 0 spiro atoms. The molecule has 0 fully saturated rings. The summed E-state index contributed by atoms with van der Waals surface area (Å²) in [5.41, 5.74) is 3.12. The third-order valence-corrected chi connectivity index (χ3v) is 5.13. The zero-order valence-corrected chi connectivity index (χ0v) is 18.0. The van der Waals surface area contributed by atoms with Gasteiger partial charge in [-0.25, -0.2) is 4.79 Å². The number of aliphatic carboxylic acids is 1. The molecule has 2 aromatic rings. The first-order valence-corrected chi connectivity index (χ1v) is 9.96. The van der Waals surface area contributed by atoms with E-state index in [-0.39, 0.29) is 5.91 Å². The largest absolute Gasteiger partial charge is 0.493 e. The van der Waals surface area contributed by atoms with Gasteiger partial charge in [0.1, 0.15) is 0 Å². The molecule has 0 aromatic heterocycles. The van der Waals surface area contributed by atoms with E-state index in [0.29, 0.717) is 34.0 Å². The number of carboxylic acid groups (broad SMARTS) is 1. The molecule has 1 aliphatic heterocycles. The van der Waals surface area contributed by atoms with E-state index in [1.54, 1.807) is 17.0 Å². The van der Waals surface area contributed by atoms with Gasteiger partial charge in [-0.05, 0) is 35.8 Å². The number of nitrogens with zero attached hydrogens (tertiary/aromatic N) is 1. The molecule has 0 unspecified atom stereocenters. The Morgan fingerprint density at radius 2 is 1.97 bits per heavy atom. The Bertz CT molecular complexity index is 983. The molecule has 152 valence electrons. The average molecular weight is 460 g/mol. The third-order valence-electron chi connectivity index (χ3n) is 4.44. The Morgan fingerprint density at radius 3 is 2.62 bits per heavy atom.